The standard InChI is InChI=1S/C11H18N2O/c1-12-7-8-13-9-11(14)10-5-3-2-4-6-10/h2-6,11-14H,7-9H2,1H3/t11-/m0/s1. The van der Waals surface area contributed by atoms with E-state index in [9.17, 15) is 5.11 Å². The molecule has 0 aromatic heterocycles. The molecule has 0 unspecified atom stereocenters. The van der Waals surface area contributed by atoms with E-state index in [0.717, 1.165) is 18.7 Å². The molecule has 0 aliphatic carbocycles. The van der Waals surface area contributed by atoms with Crippen LogP contribution in [-0.2, 0) is 0 Å². The molecule has 0 aliphatic rings. The van der Waals surface area contributed by atoms with E-state index in [1.807, 2.05) is 37.4 Å². The summed E-state index contributed by atoms with van der Waals surface area (Å²) in [5.74, 6) is 0. The second-order valence-electron chi connectivity index (χ2n) is 3.23. The summed E-state index contributed by atoms with van der Waals surface area (Å²) in [4.78, 5) is 0. The molecule has 3 N–H and O–H groups in total. The molecule has 3 heteroatoms. The predicted molar refractivity (Wildman–Crippen MR) is 58.2 cm³/mol. The molecule has 78 valence electrons. The highest BCUT2D eigenvalue weighted by Crippen LogP contribution is 2.09. The number of hydrogen-bond acceptors (Lipinski definition) is 3. The lowest BCUT2D eigenvalue weighted by Crippen LogP contribution is -2.28. The molecule has 0 saturated heterocycles. The zero-order valence-corrected chi connectivity index (χ0v) is 8.53. The average molecular weight is 194 g/mol. The van der Waals surface area contributed by atoms with Crippen LogP contribution in [0.5, 0.6) is 0 Å². The Bertz CT molecular complexity index is 238. The van der Waals surface area contributed by atoms with Gasteiger partial charge in [-0.2, -0.15) is 0 Å². The largest absolute Gasteiger partial charge is 0.387 e. The molecule has 0 amide bonds. The quantitative estimate of drug-likeness (QED) is 0.579. The van der Waals surface area contributed by atoms with Crippen molar-refractivity contribution in [1.82, 2.24) is 10.6 Å². The van der Waals surface area contributed by atoms with Crippen LogP contribution >= 0.6 is 0 Å². The normalized spacial score (nSPS) is 12.7. The molecule has 0 fully saturated rings. The molecular formula is C11H18N2O. The lowest BCUT2D eigenvalue weighted by molar-refractivity contribution is 0.175. The van der Waals surface area contributed by atoms with E-state index in [-0.39, 0.29) is 0 Å². The van der Waals surface area contributed by atoms with Crippen molar-refractivity contribution in [1.29, 1.82) is 0 Å². The molecule has 1 aromatic carbocycles. The van der Waals surface area contributed by atoms with Gasteiger partial charge >= 0.3 is 0 Å². The molecule has 1 atom stereocenters. The van der Waals surface area contributed by atoms with Crippen molar-refractivity contribution in [3.05, 3.63) is 35.9 Å². The first kappa shape index (κ1) is 11.2. The zero-order chi connectivity index (χ0) is 10.2. The van der Waals surface area contributed by atoms with Crippen molar-refractivity contribution < 1.29 is 5.11 Å². The molecule has 1 rings (SSSR count). The Hall–Kier alpha value is -0.900. The van der Waals surface area contributed by atoms with Gasteiger partial charge in [0.1, 0.15) is 0 Å². The van der Waals surface area contributed by atoms with Crippen LogP contribution in [0.2, 0.25) is 0 Å². The number of likely N-dealkylation sites (N-methyl/N-ethyl adjacent to an activating group) is 1. The van der Waals surface area contributed by atoms with Crippen LogP contribution in [-0.4, -0.2) is 31.8 Å². The highest BCUT2D eigenvalue weighted by Gasteiger charge is 2.04. The first-order chi connectivity index (χ1) is 6.84. The smallest absolute Gasteiger partial charge is 0.0914 e. The SMILES string of the molecule is CNCCNC[C@H](O)c1ccccc1. The molecule has 0 spiro atoms. The third kappa shape index (κ3) is 3.87. The van der Waals surface area contributed by atoms with E-state index in [1.165, 1.54) is 0 Å². The Labute approximate surface area is 85.2 Å². The van der Waals surface area contributed by atoms with Crippen LogP contribution in [0.4, 0.5) is 0 Å². The van der Waals surface area contributed by atoms with Gasteiger partial charge in [-0.1, -0.05) is 30.3 Å². The summed E-state index contributed by atoms with van der Waals surface area (Å²) in [6, 6.07) is 9.69. The van der Waals surface area contributed by atoms with Crippen LogP contribution in [0.1, 0.15) is 11.7 Å². The van der Waals surface area contributed by atoms with Gasteiger partial charge in [-0.15, -0.1) is 0 Å². The number of benzene rings is 1. The fourth-order valence-corrected chi connectivity index (χ4v) is 1.25. The number of nitrogens with one attached hydrogen (secondary N) is 2. The summed E-state index contributed by atoms with van der Waals surface area (Å²) in [5.41, 5.74) is 0.962. The summed E-state index contributed by atoms with van der Waals surface area (Å²) >= 11 is 0. The van der Waals surface area contributed by atoms with E-state index in [0.29, 0.717) is 6.54 Å². The van der Waals surface area contributed by atoms with E-state index >= 15 is 0 Å². The van der Waals surface area contributed by atoms with Crippen molar-refractivity contribution in [2.45, 2.75) is 6.10 Å². The third-order valence-electron chi connectivity index (χ3n) is 2.07. The molecule has 14 heavy (non-hydrogen) atoms. The summed E-state index contributed by atoms with van der Waals surface area (Å²) in [6.07, 6.45) is -0.409. The molecule has 0 aliphatic heterocycles. The van der Waals surface area contributed by atoms with Crippen LogP contribution in [0.3, 0.4) is 0 Å². The third-order valence-corrected chi connectivity index (χ3v) is 2.07. The van der Waals surface area contributed by atoms with Crippen molar-refractivity contribution in [2.24, 2.45) is 0 Å². The maximum atomic E-state index is 9.74. The van der Waals surface area contributed by atoms with Gasteiger partial charge < -0.3 is 15.7 Å². The van der Waals surface area contributed by atoms with Gasteiger partial charge in [-0.05, 0) is 12.6 Å². The Morgan fingerprint density at radius 3 is 2.57 bits per heavy atom. The van der Waals surface area contributed by atoms with Gasteiger partial charge in [0.25, 0.3) is 0 Å². The second kappa shape index (κ2) is 6.54. The van der Waals surface area contributed by atoms with Crippen LogP contribution in [0.15, 0.2) is 30.3 Å². The maximum Gasteiger partial charge on any atom is 0.0914 e. The van der Waals surface area contributed by atoms with Crippen LogP contribution in [0, 0.1) is 0 Å². The van der Waals surface area contributed by atoms with Gasteiger partial charge in [0.15, 0.2) is 0 Å². The summed E-state index contributed by atoms with van der Waals surface area (Å²) < 4.78 is 0. The first-order valence-electron chi connectivity index (χ1n) is 4.93. The lowest BCUT2D eigenvalue weighted by atomic mass is 10.1. The molecule has 0 saturated carbocycles. The van der Waals surface area contributed by atoms with Crippen LogP contribution < -0.4 is 10.6 Å². The molecule has 1 aromatic rings. The molecular weight excluding hydrogens is 176 g/mol. The minimum Gasteiger partial charge on any atom is -0.387 e. The average Bonchev–Trinajstić information content (AvgIpc) is 2.25. The fourth-order valence-electron chi connectivity index (χ4n) is 1.25. The summed E-state index contributed by atoms with van der Waals surface area (Å²) in [6.45, 7) is 2.40. The van der Waals surface area contributed by atoms with E-state index in [1.54, 1.807) is 0 Å². The number of aliphatic hydroxyl groups excluding tert-OH is 1. The number of rotatable bonds is 6. The zero-order valence-electron chi connectivity index (χ0n) is 8.53. The first-order valence-corrected chi connectivity index (χ1v) is 4.93. The Balaban J connectivity index is 2.25. The summed E-state index contributed by atoms with van der Waals surface area (Å²) in [5, 5.41) is 15.9. The number of hydrogen-bond donors (Lipinski definition) is 3. The molecule has 3 nitrogen and oxygen atoms in total. The maximum absolute atomic E-state index is 9.74. The van der Waals surface area contributed by atoms with Crippen molar-refractivity contribution in [3.8, 4) is 0 Å². The second-order valence-corrected chi connectivity index (χ2v) is 3.23. The van der Waals surface area contributed by atoms with E-state index in [2.05, 4.69) is 10.6 Å². The minimum absolute atomic E-state index is 0.409. The Morgan fingerprint density at radius 1 is 1.21 bits per heavy atom. The molecule has 0 bridgehead atoms. The number of aliphatic hydroxyl groups is 1. The van der Waals surface area contributed by atoms with Gasteiger partial charge in [0, 0.05) is 19.6 Å². The monoisotopic (exact) mass is 194 g/mol. The molecule has 0 heterocycles. The Morgan fingerprint density at radius 2 is 1.93 bits per heavy atom. The highest BCUT2D eigenvalue weighted by molar-refractivity contribution is 5.17. The van der Waals surface area contributed by atoms with Crippen molar-refractivity contribution >= 4 is 0 Å². The van der Waals surface area contributed by atoms with Crippen LogP contribution in [0.25, 0.3) is 0 Å². The van der Waals surface area contributed by atoms with Gasteiger partial charge in [0.2, 0.25) is 0 Å². The van der Waals surface area contributed by atoms with Gasteiger partial charge in [-0.3, -0.25) is 0 Å². The van der Waals surface area contributed by atoms with Crippen molar-refractivity contribution in [2.75, 3.05) is 26.7 Å². The van der Waals surface area contributed by atoms with Gasteiger partial charge in [0.05, 0.1) is 6.10 Å². The lowest BCUT2D eigenvalue weighted by Gasteiger charge is -2.11. The topological polar surface area (TPSA) is 44.3 Å². The minimum atomic E-state index is -0.409. The predicted octanol–water partition coefficient (Wildman–Crippen LogP) is 0.529. The van der Waals surface area contributed by atoms with Crippen molar-refractivity contribution in [3.63, 3.8) is 0 Å². The van der Waals surface area contributed by atoms with E-state index < -0.39 is 6.10 Å². The van der Waals surface area contributed by atoms with E-state index in [4.69, 9.17) is 0 Å². The molecule has 0 radical (unpaired) electrons. The highest BCUT2D eigenvalue weighted by atomic mass is 16.3. The fraction of sp³-hybridized carbons (Fsp3) is 0.455. The Kier molecular flexibility index (Phi) is 5.22. The van der Waals surface area contributed by atoms with Gasteiger partial charge in [-0.25, -0.2) is 0 Å². The summed E-state index contributed by atoms with van der Waals surface area (Å²) in [7, 11) is 1.91.